The van der Waals surface area contributed by atoms with Crippen molar-refractivity contribution in [2.45, 2.75) is 56.9 Å². The largest absolute Gasteiger partial charge is 0.444 e. The average Bonchev–Trinajstić information content (AvgIpc) is 2.79. The van der Waals surface area contributed by atoms with E-state index >= 15 is 0 Å². The topological polar surface area (TPSA) is 84.0 Å². The van der Waals surface area contributed by atoms with Gasteiger partial charge >= 0.3 is 16.3 Å². The van der Waals surface area contributed by atoms with E-state index in [2.05, 4.69) is 0 Å². The summed E-state index contributed by atoms with van der Waals surface area (Å²) in [4.78, 5) is 26.9. The van der Waals surface area contributed by atoms with Crippen LogP contribution in [0, 0.1) is 0 Å². The minimum Gasteiger partial charge on any atom is -0.444 e. The van der Waals surface area contributed by atoms with Crippen molar-refractivity contribution in [1.82, 2.24) is 9.80 Å². The fraction of sp³-hybridized carbons (Fsp3) is 0.857. The lowest BCUT2D eigenvalue weighted by molar-refractivity contribution is -0.130. The summed E-state index contributed by atoms with van der Waals surface area (Å²) in [5.74, 6) is -0.341. The third kappa shape index (κ3) is 4.55. The van der Waals surface area contributed by atoms with Crippen molar-refractivity contribution in [3.63, 3.8) is 0 Å². The summed E-state index contributed by atoms with van der Waals surface area (Å²) in [5.41, 5.74) is -0.568. The first-order chi connectivity index (χ1) is 10.5. The highest BCUT2D eigenvalue weighted by molar-refractivity contribution is 7.87. The van der Waals surface area contributed by atoms with Gasteiger partial charge in [0.05, 0.1) is 0 Å². The molecule has 0 spiro atoms. The van der Waals surface area contributed by atoms with E-state index < -0.39 is 27.2 Å². The van der Waals surface area contributed by atoms with Gasteiger partial charge in [-0.2, -0.15) is 8.42 Å². The molecule has 0 aliphatic carbocycles. The fourth-order valence-electron chi connectivity index (χ4n) is 2.93. The van der Waals surface area contributed by atoms with Gasteiger partial charge in [0.15, 0.2) is 0 Å². The van der Waals surface area contributed by atoms with Gasteiger partial charge < -0.3 is 14.5 Å². The van der Waals surface area contributed by atoms with Crippen LogP contribution in [0.3, 0.4) is 0 Å². The van der Waals surface area contributed by atoms with E-state index in [0.717, 1.165) is 0 Å². The summed E-state index contributed by atoms with van der Waals surface area (Å²) in [6.07, 6.45) is 0.368. The molecule has 2 saturated heterocycles. The fourth-order valence-corrected chi connectivity index (χ4v) is 3.61. The second kappa shape index (κ2) is 6.26. The number of rotatable bonds is 2. The Balaban J connectivity index is 1.90. The first kappa shape index (κ1) is 18.0. The van der Waals surface area contributed by atoms with Crippen LogP contribution in [-0.4, -0.2) is 66.7 Å². The van der Waals surface area contributed by atoms with Crippen LogP contribution in [0.25, 0.3) is 0 Å². The van der Waals surface area contributed by atoms with Crippen molar-refractivity contribution < 1.29 is 26.6 Å². The smallest absolute Gasteiger partial charge is 0.410 e. The van der Waals surface area contributed by atoms with Crippen LogP contribution in [0.5, 0.6) is 0 Å². The van der Waals surface area contributed by atoms with E-state index in [1.807, 2.05) is 0 Å². The minimum absolute atomic E-state index is 0.102. The van der Waals surface area contributed by atoms with Crippen molar-refractivity contribution in [3.8, 4) is 0 Å². The Morgan fingerprint density at radius 1 is 1.26 bits per heavy atom. The van der Waals surface area contributed by atoms with Crippen LogP contribution >= 0.6 is 0 Å². The van der Waals surface area contributed by atoms with Gasteiger partial charge in [0.25, 0.3) is 0 Å². The molecular weight excluding hydrogens is 327 g/mol. The van der Waals surface area contributed by atoms with Crippen molar-refractivity contribution in [2.24, 2.45) is 0 Å². The molecule has 23 heavy (non-hydrogen) atoms. The molecule has 0 aromatic rings. The third-order valence-corrected chi connectivity index (χ3v) is 5.19. The highest BCUT2D eigenvalue weighted by Crippen LogP contribution is 2.26. The molecule has 132 valence electrons. The second-order valence-corrected chi connectivity index (χ2v) is 8.66. The van der Waals surface area contributed by atoms with Crippen molar-refractivity contribution in [2.75, 3.05) is 19.6 Å². The van der Waals surface area contributed by atoms with Gasteiger partial charge in [0, 0.05) is 32.1 Å². The van der Waals surface area contributed by atoms with E-state index in [0.29, 0.717) is 25.9 Å². The highest BCUT2D eigenvalue weighted by Gasteiger charge is 2.42. The lowest BCUT2D eigenvalue weighted by Gasteiger charge is -2.37. The van der Waals surface area contributed by atoms with Crippen LogP contribution < -0.4 is 0 Å². The molecule has 2 amide bonds. The molecule has 0 aromatic carbocycles. The van der Waals surface area contributed by atoms with Crippen LogP contribution in [0.15, 0.2) is 0 Å². The maximum atomic E-state index is 13.1. The van der Waals surface area contributed by atoms with Gasteiger partial charge in [-0.05, 0) is 33.6 Å². The summed E-state index contributed by atoms with van der Waals surface area (Å²) in [6, 6.07) is -0.159. The Labute approximate surface area is 136 Å². The summed E-state index contributed by atoms with van der Waals surface area (Å²) < 4.78 is 40.3. The van der Waals surface area contributed by atoms with Gasteiger partial charge in [0.2, 0.25) is 5.91 Å². The molecule has 0 bridgehead atoms. The number of likely N-dealkylation sites (tertiary alicyclic amines) is 2. The summed E-state index contributed by atoms with van der Waals surface area (Å²) in [6.45, 7) is 6.12. The number of hydrogen-bond donors (Lipinski definition) is 0. The van der Waals surface area contributed by atoms with E-state index in [-0.39, 0.29) is 24.9 Å². The number of nitrogens with zero attached hydrogens (tertiary/aromatic N) is 2. The van der Waals surface area contributed by atoms with Gasteiger partial charge in [-0.3, -0.25) is 4.79 Å². The molecule has 2 aliphatic rings. The molecule has 1 atom stereocenters. The lowest BCUT2D eigenvalue weighted by atomic mass is 10.0. The zero-order chi connectivity index (χ0) is 17.4. The zero-order valence-electron chi connectivity index (χ0n) is 13.6. The molecule has 0 N–H and O–H groups in total. The third-order valence-electron chi connectivity index (χ3n) is 4.08. The predicted octanol–water partition coefficient (Wildman–Crippen LogP) is 1.29. The molecule has 0 radical (unpaired) electrons. The number of hydrogen-bond acceptors (Lipinski definition) is 5. The van der Waals surface area contributed by atoms with Crippen LogP contribution in [0.1, 0.15) is 40.0 Å². The number of piperidine rings is 1. The molecule has 2 fully saturated rings. The number of carbonyl (C=O) groups excluding carboxylic acids is 2. The van der Waals surface area contributed by atoms with Crippen molar-refractivity contribution in [1.29, 1.82) is 0 Å². The van der Waals surface area contributed by atoms with E-state index in [9.17, 15) is 21.9 Å². The monoisotopic (exact) mass is 350 g/mol. The van der Waals surface area contributed by atoms with Gasteiger partial charge in [-0.1, -0.05) is 0 Å². The van der Waals surface area contributed by atoms with Gasteiger partial charge in [-0.25, -0.2) is 4.79 Å². The van der Waals surface area contributed by atoms with Gasteiger partial charge in [-0.15, -0.1) is 3.89 Å². The molecule has 2 rings (SSSR count). The molecule has 1 unspecified atom stereocenters. The summed E-state index contributed by atoms with van der Waals surface area (Å²) in [5, 5.41) is -1.26. The van der Waals surface area contributed by atoms with E-state index in [1.165, 1.54) is 4.90 Å². The quantitative estimate of drug-likeness (QED) is 0.701. The molecular formula is C14H23FN2O5S. The van der Waals surface area contributed by atoms with Crippen molar-refractivity contribution >= 4 is 22.2 Å². The predicted molar refractivity (Wildman–Crippen MR) is 81.0 cm³/mol. The average molecular weight is 350 g/mol. The Bertz CT molecular complexity index is 578. The van der Waals surface area contributed by atoms with Crippen LogP contribution in [0.4, 0.5) is 8.68 Å². The molecule has 7 nitrogen and oxygen atoms in total. The Morgan fingerprint density at radius 2 is 1.83 bits per heavy atom. The Hall–Kier alpha value is -1.38. The summed E-state index contributed by atoms with van der Waals surface area (Å²) in [7, 11) is -4.70. The molecule has 2 heterocycles. The number of halogens is 1. The van der Waals surface area contributed by atoms with Gasteiger partial charge in [0.1, 0.15) is 10.9 Å². The maximum Gasteiger partial charge on any atom is 0.410 e. The molecule has 9 heteroatoms. The van der Waals surface area contributed by atoms with Crippen molar-refractivity contribution in [3.05, 3.63) is 0 Å². The number of amides is 2. The maximum absolute atomic E-state index is 13.1. The summed E-state index contributed by atoms with van der Waals surface area (Å²) >= 11 is 0. The number of carbonyl (C=O) groups is 2. The SMILES string of the molecule is CC(C)(C)OC(=O)N1CCC(N2CC(S(=O)(=O)F)CC2=O)CC1. The highest BCUT2D eigenvalue weighted by atomic mass is 32.3. The lowest BCUT2D eigenvalue weighted by Crippen LogP contribution is -2.48. The standard InChI is InChI=1S/C14H23FN2O5S/c1-14(2,3)22-13(19)16-6-4-10(5-7-16)17-9-11(8-12(17)18)23(15,20)21/h10-11H,4-9H2,1-3H3. The first-order valence-electron chi connectivity index (χ1n) is 7.68. The minimum atomic E-state index is -4.70. The second-order valence-electron chi connectivity index (χ2n) is 7.05. The normalized spacial score (nSPS) is 24.2. The van der Waals surface area contributed by atoms with Crippen LogP contribution in [0.2, 0.25) is 0 Å². The van der Waals surface area contributed by atoms with Crippen LogP contribution in [-0.2, 0) is 19.8 Å². The number of ether oxygens (including phenoxy) is 1. The molecule has 0 saturated carbocycles. The Kier molecular flexibility index (Phi) is 4.89. The first-order valence-corrected chi connectivity index (χ1v) is 9.13. The van der Waals surface area contributed by atoms with E-state index in [1.54, 1.807) is 25.7 Å². The zero-order valence-corrected chi connectivity index (χ0v) is 14.4. The molecule has 2 aliphatic heterocycles. The molecule has 0 aromatic heterocycles. The van der Waals surface area contributed by atoms with E-state index in [4.69, 9.17) is 4.74 Å². The Morgan fingerprint density at radius 3 is 2.26 bits per heavy atom.